The monoisotopic (exact) mass is 451 g/mol. The van der Waals surface area contributed by atoms with Crippen LogP contribution in [-0.4, -0.2) is 41.6 Å². The molecular weight excluding hydrogens is 426 g/mol. The van der Waals surface area contributed by atoms with Crippen molar-refractivity contribution in [1.29, 1.82) is 0 Å². The van der Waals surface area contributed by atoms with Gasteiger partial charge in [0.2, 0.25) is 0 Å². The number of aromatic nitrogens is 2. The van der Waals surface area contributed by atoms with Crippen LogP contribution in [0.4, 0.5) is 11.5 Å². The van der Waals surface area contributed by atoms with Crippen molar-refractivity contribution in [2.45, 2.75) is 26.5 Å². The minimum Gasteiger partial charge on any atom is -0.489 e. The standard InChI is InChI=1S/C24H26ClN5O2/c1-14-9-15(10-16-12-30(2)7-5-17(14)16)21-11-28-23(26)24(29-21)32-13-18-19(25)3-4-20-22(18)31-8-6-27-20/h3-4,9-11,27H,5-8,12-13H2,1-2H3,(H2,26,28). The van der Waals surface area contributed by atoms with Gasteiger partial charge < -0.3 is 25.4 Å². The minimum absolute atomic E-state index is 0.181. The average Bonchev–Trinajstić information content (AvgIpc) is 2.79. The molecule has 0 amide bonds. The van der Waals surface area contributed by atoms with Gasteiger partial charge in [0.1, 0.15) is 13.2 Å². The van der Waals surface area contributed by atoms with Gasteiger partial charge >= 0.3 is 0 Å². The van der Waals surface area contributed by atoms with Crippen molar-refractivity contribution in [3.63, 3.8) is 0 Å². The number of benzene rings is 2. The number of nitrogen functional groups attached to an aromatic ring is 1. The molecule has 0 saturated heterocycles. The highest BCUT2D eigenvalue weighted by Crippen LogP contribution is 2.37. The van der Waals surface area contributed by atoms with Gasteiger partial charge in [0.05, 0.1) is 28.2 Å². The summed E-state index contributed by atoms with van der Waals surface area (Å²) >= 11 is 6.43. The van der Waals surface area contributed by atoms with E-state index < -0.39 is 0 Å². The summed E-state index contributed by atoms with van der Waals surface area (Å²) in [5.41, 5.74) is 13.5. The molecule has 0 radical (unpaired) electrons. The van der Waals surface area contributed by atoms with Crippen LogP contribution in [0, 0.1) is 6.92 Å². The molecule has 2 aliphatic rings. The predicted octanol–water partition coefficient (Wildman–Crippen LogP) is 4.06. The molecule has 3 heterocycles. The molecule has 0 aliphatic carbocycles. The second-order valence-electron chi connectivity index (χ2n) is 8.33. The summed E-state index contributed by atoms with van der Waals surface area (Å²) in [6, 6.07) is 8.11. The Morgan fingerprint density at radius 3 is 3.06 bits per heavy atom. The number of likely N-dealkylation sites (N-methyl/N-ethyl adjacent to an activating group) is 1. The number of halogens is 1. The Kier molecular flexibility index (Phi) is 5.53. The number of nitrogens with zero attached hydrogens (tertiary/aromatic N) is 3. The molecule has 8 heteroatoms. The van der Waals surface area contributed by atoms with Crippen molar-refractivity contribution < 1.29 is 9.47 Å². The van der Waals surface area contributed by atoms with Gasteiger partial charge in [-0.1, -0.05) is 11.6 Å². The first-order valence-corrected chi connectivity index (χ1v) is 11.1. The summed E-state index contributed by atoms with van der Waals surface area (Å²) in [5, 5.41) is 3.88. The molecule has 0 saturated carbocycles. The van der Waals surface area contributed by atoms with Crippen molar-refractivity contribution in [1.82, 2.24) is 14.9 Å². The Morgan fingerprint density at radius 1 is 1.31 bits per heavy atom. The van der Waals surface area contributed by atoms with Crippen molar-refractivity contribution in [2.24, 2.45) is 0 Å². The molecule has 32 heavy (non-hydrogen) atoms. The summed E-state index contributed by atoms with van der Waals surface area (Å²) < 4.78 is 11.8. The fraction of sp³-hybridized carbons (Fsp3) is 0.333. The third-order valence-corrected chi connectivity index (χ3v) is 6.39. The lowest BCUT2D eigenvalue weighted by molar-refractivity contribution is 0.274. The Hall–Kier alpha value is -3.03. The molecule has 0 atom stereocenters. The van der Waals surface area contributed by atoms with Crippen molar-refractivity contribution in [3.8, 4) is 22.9 Å². The van der Waals surface area contributed by atoms with Crippen molar-refractivity contribution >= 4 is 23.1 Å². The van der Waals surface area contributed by atoms with Crippen LogP contribution in [0.1, 0.15) is 22.3 Å². The summed E-state index contributed by atoms with van der Waals surface area (Å²) in [4.78, 5) is 11.4. The van der Waals surface area contributed by atoms with Gasteiger partial charge in [0, 0.05) is 25.2 Å². The number of aryl methyl sites for hydroxylation is 1. The van der Waals surface area contributed by atoms with Gasteiger partial charge in [0.15, 0.2) is 11.6 Å². The quantitative estimate of drug-likeness (QED) is 0.618. The van der Waals surface area contributed by atoms with E-state index in [1.807, 2.05) is 12.1 Å². The average molecular weight is 452 g/mol. The number of nitrogens with one attached hydrogen (secondary N) is 1. The maximum atomic E-state index is 6.43. The van der Waals surface area contributed by atoms with Crippen molar-refractivity contribution in [3.05, 3.63) is 57.7 Å². The van der Waals surface area contributed by atoms with E-state index >= 15 is 0 Å². The zero-order valence-electron chi connectivity index (χ0n) is 18.2. The van der Waals surface area contributed by atoms with Crippen LogP contribution in [0.2, 0.25) is 5.02 Å². The first-order chi connectivity index (χ1) is 15.5. The first-order valence-electron chi connectivity index (χ1n) is 10.7. The molecule has 7 nitrogen and oxygen atoms in total. The third-order valence-electron chi connectivity index (χ3n) is 6.03. The van der Waals surface area contributed by atoms with E-state index in [1.165, 1.54) is 16.7 Å². The third kappa shape index (κ3) is 3.94. The second-order valence-corrected chi connectivity index (χ2v) is 8.74. The summed E-state index contributed by atoms with van der Waals surface area (Å²) in [6.45, 7) is 5.68. The van der Waals surface area contributed by atoms with Crippen LogP contribution in [-0.2, 0) is 19.6 Å². The molecule has 0 bridgehead atoms. The smallest absolute Gasteiger partial charge is 0.258 e. The number of hydrogen-bond acceptors (Lipinski definition) is 7. The molecule has 0 unspecified atom stereocenters. The Bertz CT molecular complexity index is 1180. The lowest BCUT2D eigenvalue weighted by atomic mass is 9.92. The zero-order valence-corrected chi connectivity index (χ0v) is 19.0. The molecule has 3 aromatic rings. The molecule has 2 aliphatic heterocycles. The first kappa shape index (κ1) is 20.8. The largest absolute Gasteiger partial charge is 0.489 e. The van der Waals surface area contributed by atoms with Crippen LogP contribution >= 0.6 is 11.6 Å². The van der Waals surface area contributed by atoms with Gasteiger partial charge in [-0.05, 0) is 61.3 Å². The van der Waals surface area contributed by atoms with Gasteiger partial charge in [-0.25, -0.2) is 9.97 Å². The fourth-order valence-electron chi connectivity index (χ4n) is 4.36. The van der Waals surface area contributed by atoms with Gasteiger partial charge in [-0.15, -0.1) is 0 Å². The van der Waals surface area contributed by atoms with E-state index in [-0.39, 0.29) is 18.3 Å². The highest BCUT2D eigenvalue weighted by Gasteiger charge is 2.20. The maximum Gasteiger partial charge on any atom is 0.258 e. The highest BCUT2D eigenvalue weighted by atomic mass is 35.5. The van der Waals surface area contributed by atoms with E-state index in [4.69, 9.17) is 26.8 Å². The molecule has 1 aromatic heterocycles. The number of nitrogens with two attached hydrogens (primary N) is 1. The highest BCUT2D eigenvalue weighted by molar-refractivity contribution is 6.31. The van der Waals surface area contributed by atoms with E-state index in [0.29, 0.717) is 17.4 Å². The SMILES string of the molecule is Cc1cc(-c2cnc(N)c(OCc3c(Cl)ccc4c3OCCN4)n2)cc2c1CCN(C)C2. The van der Waals surface area contributed by atoms with Crippen molar-refractivity contribution in [2.75, 3.05) is 37.8 Å². The lowest BCUT2D eigenvalue weighted by Gasteiger charge is -2.27. The van der Waals surface area contributed by atoms with Crippen LogP contribution < -0.4 is 20.5 Å². The van der Waals surface area contributed by atoms with Gasteiger partial charge in [0.25, 0.3) is 5.88 Å². The number of hydrogen-bond donors (Lipinski definition) is 2. The van der Waals surface area contributed by atoms with Crippen LogP contribution in [0.5, 0.6) is 11.6 Å². The summed E-state index contributed by atoms with van der Waals surface area (Å²) in [6.07, 6.45) is 2.76. The molecule has 0 fully saturated rings. The topological polar surface area (TPSA) is 85.5 Å². The molecule has 166 valence electrons. The lowest BCUT2D eigenvalue weighted by Crippen LogP contribution is -2.27. The molecule has 3 N–H and O–H groups in total. The Balaban J connectivity index is 1.44. The Morgan fingerprint density at radius 2 is 2.19 bits per heavy atom. The maximum absolute atomic E-state index is 6.43. The molecule has 0 spiro atoms. The van der Waals surface area contributed by atoms with E-state index in [1.54, 1.807) is 6.20 Å². The van der Waals surface area contributed by atoms with Crippen LogP contribution in [0.3, 0.4) is 0 Å². The summed E-state index contributed by atoms with van der Waals surface area (Å²) in [7, 11) is 2.15. The molecular formula is C24H26ClN5O2. The normalized spacial score (nSPS) is 15.3. The van der Waals surface area contributed by atoms with E-state index in [0.717, 1.165) is 48.6 Å². The van der Waals surface area contributed by atoms with E-state index in [2.05, 4.69) is 46.3 Å². The fourth-order valence-corrected chi connectivity index (χ4v) is 4.56. The van der Waals surface area contributed by atoms with Crippen LogP contribution in [0.15, 0.2) is 30.5 Å². The Labute approximate surface area is 192 Å². The van der Waals surface area contributed by atoms with E-state index in [9.17, 15) is 0 Å². The number of ether oxygens (including phenoxy) is 2. The number of fused-ring (bicyclic) bond motifs is 2. The van der Waals surface area contributed by atoms with Gasteiger partial charge in [-0.2, -0.15) is 0 Å². The number of rotatable bonds is 4. The summed E-state index contributed by atoms with van der Waals surface area (Å²) in [5.74, 6) is 1.23. The second kappa shape index (κ2) is 8.48. The molecule has 5 rings (SSSR count). The zero-order chi connectivity index (χ0) is 22.2. The van der Waals surface area contributed by atoms with Crippen LogP contribution in [0.25, 0.3) is 11.3 Å². The minimum atomic E-state index is 0.181. The molecule has 2 aromatic carbocycles. The predicted molar refractivity (Wildman–Crippen MR) is 126 cm³/mol. The number of anilines is 2. The van der Waals surface area contributed by atoms with Gasteiger partial charge in [-0.3, -0.25) is 0 Å².